The van der Waals surface area contributed by atoms with E-state index in [4.69, 9.17) is 5.73 Å². The second-order valence-electron chi connectivity index (χ2n) is 5.36. The van der Waals surface area contributed by atoms with Gasteiger partial charge in [0, 0.05) is 23.5 Å². The molecule has 2 rings (SSSR count). The van der Waals surface area contributed by atoms with Crippen molar-refractivity contribution in [1.82, 2.24) is 10.3 Å². The number of carbonyl (C=O) groups excluding carboxylic acids is 1. The summed E-state index contributed by atoms with van der Waals surface area (Å²) in [5.74, 6) is -1.49. The Morgan fingerprint density at radius 2 is 2.09 bits per heavy atom. The molecule has 0 aliphatic carbocycles. The maximum atomic E-state index is 11.9. The van der Waals surface area contributed by atoms with Crippen LogP contribution in [0, 0.1) is 0 Å². The zero-order valence-electron chi connectivity index (χ0n) is 12.5. The number of hydrogen-bond donors (Lipinski definition) is 4. The summed E-state index contributed by atoms with van der Waals surface area (Å²) < 4.78 is 0. The maximum absolute atomic E-state index is 11.9. The van der Waals surface area contributed by atoms with Gasteiger partial charge in [-0.15, -0.1) is 0 Å². The summed E-state index contributed by atoms with van der Waals surface area (Å²) in [6.07, 6.45) is 3.29. The molecule has 1 aromatic heterocycles. The summed E-state index contributed by atoms with van der Waals surface area (Å²) in [7, 11) is 0. The van der Waals surface area contributed by atoms with Crippen LogP contribution < -0.4 is 11.1 Å². The third kappa shape index (κ3) is 3.65. The van der Waals surface area contributed by atoms with Crippen molar-refractivity contribution in [2.24, 2.45) is 5.73 Å². The molecule has 1 aromatic carbocycles. The molecule has 0 saturated heterocycles. The molecule has 0 aliphatic heterocycles. The van der Waals surface area contributed by atoms with Crippen molar-refractivity contribution in [3.63, 3.8) is 0 Å². The first-order valence-electron chi connectivity index (χ1n) is 7.36. The van der Waals surface area contributed by atoms with Crippen molar-refractivity contribution >= 4 is 22.8 Å². The summed E-state index contributed by atoms with van der Waals surface area (Å²) in [6.45, 7) is 1.92. The lowest BCUT2D eigenvalue weighted by Crippen LogP contribution is -2.49. The fourth-order valence-electron chi connectivity index (χ4n) is 2.44. The summed E-state index contributed by atoms with van der Waals surface area (Å²) in [4.78, 5) is 26.4. The van der Waals surface area contributed by atoms with Gasteiger partial charge in [-0.2, -0.15) is 0 Å². The molecule has 0 saturated carbocycles. The van der Waals surface area contributed by atoms with Crippen molar-refractivity contribution in [2.45, 2.75) is 38.3 Å². The molecule has 6 heteroatoms. The van der Waals surface area contributed by atoms with Gasteiger partial charge in [0.15, 0.2) is 0 Å². The van der Waals surface area contributed by atoms with E-state index in [2.05, 4.69) is 10.3 Å². The minimum Gasteiger partial charge on any atom is -0.480 e. The molecule has 6 nitrogen and oxygen atoms in total. The van der Waals surface area contributed by atoms with Crippen molar-refractivity contribution in [1.29, 1.82) is 0 Å². The van der Waals surface area contributed by atoms with Gasteiger partial charge in [-0.3, -0.25) is 4.79 Å². The van der Waals surface area contributed by atoms with E-state index in [0.717, 1.165) is 22.9 Å². The van der Waals surface area contributed by atoms with Gasteiger partial charge < -0.3 is 21.1 Å². The molecule has 0 aliphatic rings. The van der Waals surface area contributed by atoms with Crippen molar-refractivity contribution in [3.8, 4) is 0 Å². The molecular weight excluding hydrogens is 282 g/mol. The predicted octanol–water partition coefficient (Wildman–Crippen LogP) is 1.41. The van der Waals surface area contributed by atoms with Crippen molar-refractivity contribution < 1.29 is 14.7 Å². The Balaban J connectivity index is 2.12. The summed E-state index contributed by atoms with van der Waals surface area (Å²) in [5.41, 5.74) is 7.52. The standard InChI is InChI=1S/C16H21N3O3/c1-2-5-12(17)15(20)19-14(16(21)22)8-10-9-18-13-7-4-3-6-11(10)13/h3-4,6-7,9,12,14,18H,2,5,8,17H2,1H3,(H,19,20)(H,21,22)/t12-,14-/m1/s1. The molecule has 0 spiro atoms. The Bertz CT molecular complexity index is 665. The highest BCUT2D eigenvalue weighted by Crippen LogP contribution is 2.19. The quantitative estimate of drug-likeness (QED) is 0.620. The van der Waals surface area contributed by atoms with Gasteiger partial charge in [0.1, 0.15) is 6.04 Å². The van der Waals surface area contributed by atoms with Crippen LogP contribution in [0.2, 0.25) is 0 Å². The van der Waals surface area contributed by atoms with Gasteiger partial charge in [-0.1, -0.05) is 31.5 Å². The Labute approximate surface area is 128 Å². The van der Waals surface area contributed by atoms with E-state index in [-0.39, 0.29) is 6.42 Å². The Kier molecular flexibility index (Phi) is 5.16. The zero-order valence-corrected chi connectivity index (χ0v) is 12.5. The molecule has 0 radical (unpaired) electrons. The third-order valence-corrected chi connectivity index (χ3v) is 3.65. The number of fused-ring (bicyclic) bond motifs is 1. The van der Waals surface area contributed by atoms with Crippen LogP contribution in [-0.2, 0) is 16.0 Å². The van der Waals surface area contributed by atoms with Crippen LogP contribution >= 0.6 is 0 Å². The van der Waals surface area contributed by atoms with E-state index in [9.17, 15) is 14.7 Å². The van der Waals surface area contributed by atoms with Crippen molar-refractivity contribution in [3.05, 3.63) is 36.0 Å². The lowest BCUT2D eigenvalue weighted by Gasteiger charge is -2.17. The fourth-order valence-corrected chi connectivity index (χ4v) is 2.44. The Hall–Kier alpha value is -2.34. The first-order chi connectivity index (χ1) is 10.5. The number of H-pyrrole nitrogens is 1. The number of para-hydroxylation sites is 1. The minimum absolute atomic E-state index is 0.212. The largest absolute Gasteiger partial charge is 0.480 e. The molecule has 1 amide bonds. The number of benzene rings is 1. The molecule has 5 N–H and O–H groups in total. The highest BCUT2D eigenvalue weighted by molar-refractivity contribution is 5.88. The van der Waals surface area contributed by atoms with Crippen LogP contribution in [0.3, 0.4) is 0 Å². The van der Waals surface area contributed by atoms with E-state index in [0.29, 0.717) is 6.42 Å². The van der Waals surface area contributed by atoms with Gasteiger partial charge in [-0.25, -0.2) is 4.79 Å². The third-order valence-electron chi connectivity index (χ3n) is 3.65. The fraction of sp³-hybridized carbons (Fsp3) is 0.375. The number of carbonyl (C=O) groups is 2. The topological polar surface area (TPSA) is 108 Å². The molecule has 0 fully saturated rings. The predicted molar refractivity (Wildman–Crippen MR) is 84.5 cm³/mol. The van der Waals surface area contributed by atoms with Crippen LogP contribution in [0.1, 0.15) is 25.3 Å². The molecule has 0 unspecified atom stereocenters. The molecule has 0 bridgehead atoms. The SMILES string of the molecule is CCC[C@@H](N)C(=O)N[C@H](Cc1c[nH]c2ccccc12)C(=O)O. The Morgan fingerprint density at radius 3 is 2.77 bits per heavy atom. The highest BCUT2D eigenvalue weighted by atomic mass is 16.4. The van der Waals surface area contributed by atoms with Gasteiger partial charge in [0.2, 0.25) is 5.91 Å². The lowest BCUT2D eigenvalue weighted by molar-refractivity contribution is -0.142. The number of hydrogen-bond acceptors (Lipinski definition) is 3. The van der Waals surface area contributed by atoms with Crippen LogP contribution in [0.25, 0.3) is 10.9 Å². The van der Waals surface area contributed by atoms with Crippen molar-refractivity contribution in [2.75, 3.05) is 0 Å². The van der Waals surface area contributed by atoms with Crippen LogP contribution in [0.4, 0.5) is 0 Å². The monoisotopic (exact) mass is 303 g/mol. The second kappa shape index (κ2) is 7.09. The minimum atomic E-state index is -1.07. The first-order valence-corrected chi connectivity index (χ1v) is 7.36. The first kappa shape index (κ1) is 16.0. The average molecular weight is 303 g/mol. The molecule has 1 heterocycles. The molecular formula is C16H21N3O3. The normalized spacial score (nSPS) is 13.7. The van der Waals surface area contributed by atoms with Gasteiger partial charge in [-0.05, 0) is 18.1 Å². The molecule has 22 heavy (non-hydrogen) atoms. The number of nitrogens with two attached hydrogens (primary N) is 1. The number of rotatable bonds is 7. The van der Waals surface area contributed by atoms with Crippen LogP contribution in [0.5, 0.6) is 0 Å². The summed E-state index contributed by atoms with van der Waals surface area (Å²) in [6, 6.07) is 5.98. The summed E-state index contributed by atoms with van der Waals surface area (Å²) >= 11 is 0. The lowest BCUT2D eigenvalue weighted by atomic mass is 10.0. The van der Waals surface area contributed by atoms with E-state index in [1.54, 1.807) is 6.20 Å². The second-order valence-corrected chi connectivity index (χ2v) is 5.36. The maximum Gasteiger partial charge on any atom is 0.326 e. The van der Waals surface area contributed by atoms with E-state index < -0.39 is 24.0 Å². The van der Waals surface area contributed by atoms with E-state index in [1.807, 2.05) is 31.2 Å². The van der Waals surface area contributed by atoms with Gasteiger partial charge in [0.25, 0.3) is 0 Å². The number of aliphatic carboxylic acids is 1. The van der Waals surface area contributed by atoms with Crippen LogP contribution in [0.15, 0.2) is 30.5 Å². The number of aromatic nitrogens is 1. The van der Waals surface area contributed by atoms with E-state index >= 15 is 0 Å². The average Bonchev–Trinajstić information content (AvgIpc) is 2.90. The smallest absolute Gasteiger partial charge is 0.326 e. The number of carboxylic acids is 1. The number of amides is 1. The highest BCUT2D eigenvalue weighted by Gasteiger charge is 2.24. The zero-order chi connectivity index (χ0) is 16.1. The number of carboxylic acid groups (broad SMARTS) is 1. The van der Waals surface area contributed by atoms with Gasteiger partial charge in [0.05, 0.1) is 6.04 Å². The number of aromatic amines is 1. The van der Waals surface area contributed by atoms with E-state index in [1.165, 1.54) is 0 Å². The number of nitrogens with one attached hydrogen (secondary N) is 2. The molecule has 2 aromatic rings. The summed E-state index contributed by atoms with van der Waals surface area (Å²) in [5, 5.41) is 12.8. The van der Waals surface area contributed by atoms with Gasteiger partial charge >= 0.3 is 5.97 Å². The molecule has 2 atom stereocenters. The Morgan fingerprint density at radius 1 is 1.36 bits per heavy atom. The van der Waals surface area contributed by atoms with Crippen LogP contribution in [-0.4, -0.2) is 34.1 Å². The molecule has 118 valence electrons.